The minimum atomic E-state index is -3.53. The summed E-state index contributed by atoms with van der Waals surface area (Å²) in [6.07, 6.45) is 0. The third kappa shape index (κ3) is 3.24. The lowest BCUT2D eigenvalue weighted by Gasteiger charge is -2.06. The first-order valence-corrected chi connectivity index (χ1v) is 7.44. The van der Waals surface area contributed by atoms with Crippen molar-refractivity contribution < 1.29 is 12.8 Å². The van der Waals surface area contributed by atoms with E-state index in [-0.39, 0.29) is 15.7 Å². The van der Waals surface area contributed by atoms with E-state index in [0.717, 1.165) is 0 Å². The number of nitrogens with two attached hydrogens (primary N) is 1. The lowest BCUT2D eigenvalue weighted by Crippen LogP contribution is -2.05. The van der Waals surface area contributed by atoms with Crippen LogP contribution in [0.25, 0.3) is 0 Å². The Morgan fingerprint density at radius 3 is 2.32 bits per heavy atom. The summed E-state index contributed by atoms with van der Waals surface area (Å²) >= 11 is 5.80. The molecule has 0 aliphatic carbocycles. The molecule has 0 aliphatic heterocycles. The van der Waals surface area contributed by atoms with Crippen molar-refractivity contribution in [1.82, 2.24) is 0 Å². The van der Waals surface area contributed by atoms with Crippen molar-refractivity contribution in [3.05, 3.63) is 58.9 Å². The van der Waals surface area contributed by atoms with E-state index < -0.39 is 15.7 Å². The van der Waals surface area contributed by atoms with Crippen molar-refractivity contribution in [2.24, 2.45) is 0 Å². The molecule has 2 rings (SSSR count). The number of benzene rings is 2. The minimum absolute atomic E-state index is 0.0935. The molecule has 0 aromatic heterocycles. The van der Waals surface area contributed by atoms with Crippen LogP contribution < -0.4 is 5.73 Å². The fraction of sp³-hybridized carbons (Fsp3) is 0.0769. The van der Waals surface area contributed by atoms with Gasteiger partial charge >= 0.3 is 0 Å². The fourth-order valence-corrected chi connectivity index (χ4v) is 3.20. The van der Waals surface area contributed by atoms with E-state index >= 15 is 0 Å². The average Bonchev–Trinajstić information content (AvgIpc) is 2.35. The second kappa shape index (κ2) is 5.19. The molecule has 0 unspecified atom stereocenters. The molecule has 100 valence electrons. The van der Waals surface area contributed by atoms with Crippen LogP contribution in [0.5, 0.6) is 0 Å². The van der Waals surface area contributed by atoms with Crippen molar-refractivity contribution in [3.8, 4) is 0 Å². The average molecular weight is 300 g/mol. The van der Waals surface area contributed by atoms with Crippen molar-refractivity contribution in [2.45, 2.75) is 10.6 Å². The number of halogens is 2. The van der Waals surface area contributed by atoms with Crippen molar-refractivity contribution in [3.63, 3.8) is 0 Å². The van der Waals surface area contributed by atoms with Crippen LogP contribution in [0.4, 0.5) is 10.1 Å². The number of anilines is 1. The van der Waals surface area contributed by atoms with Crippen molar-refractivity contribution in [2.75, 3.05) is 5.73 Å². The van der Waals surface area contributed by atoms with Crippen LogP contribution in [0.3, 0.4) is 0 Å². The highest BCUT2D eigenvalue weighted by Gasteiger charge is 2.16. The molecule has 2 N–H and O–H groups in total. The van der Waals surface area contributed by atoms with Gasteiger partial charge in [-0.2, -0.15) is 0 Å². The molecule has 0 saturated heterocycles. The third-order valence-electron chi connectivity index (χ3n) is 2.60. The van der Waals surface area contributed by atoms with Crippen LogP contribution in [-0.2, 0) is 15.6 Å². The Labute approximate surface area is 115 Å². The molecule has 2 aromatic carbocycles. The van der Waals surface area contributed by atoms with Gasteiger partial charge in [0, 0.05) is 0 Å². The van der Waals surface area contributed by atoms with E-state index in [1.165, 1.54) is 42.5 Å². The second-order valence-electron chi connectivity index (χ2n) is 4.07. The molecule has 0 atom stereocenters. The zero-order chi connectivity index (χ0) is 14.0. The van der Waals surface area contributed by atoms with Crippen LogP contribution >= 0.6 is 11.6 Å². The largest absolute Gasteiger partial charge is 0.398 e. The molecule has 0 fully saturated rings. The Hall–Kier alpha value is -1.59. The first-order valence-electron chi connectivity index (χ1n) is 5.41. The molecule has 2 aromatic rings. The number of hydrogen-bond donors (Lipinski definition) is 1. The lowest BCUT2D eigenvalue weighted by atomic mass is 10.2. The molecule has 0 radical (unpaired) electrons. The van der Waals surface area contributed by atoms with Crippen LogP contribution in [-0.4, -0.2) is 8.42 Å². The topological polar surface area (TPSA) is 60.2 Å². The quantitative estimate of drug-likeness (QED) is 0.886. The van der Waals surface area contributed by atoms with Gasteiger partial charge in [-0.05, 0) is 35.9 Å². The van der Waals surface area contributed by atoms with Gasteiger partial charge in [-0.1, -0.05) is 23.7 Å². The zero-order valence-corrected chi connectivity index (χ0v) is 11.4. The second-order valence-corrected chi connectivity index (χ2v) is 6.47. The van der Waals surface area contributed by atoms with Crippen LogP contribution in [0.15, 0.2) is 47.4 Å². The van der Waals surface area contributed by atoms with Crippen LogP contribution in [0.1, 0.15) is 5.56 Å². The number of hydrogen-bond acceptors (Lipinski definition) is 3. The van der Waals surface area contributed by atoms with Gasteiger partial charge in [0.1, 0.15) is 5.82 Å². The van der Waals surface area contributed by atoms with Gasteiger partial charge in [-0.3, -0.25) is 0 Å². The SMILES string of the molecule is Nc1ccc(S(=O)(=O)Cc2ccc(F)cc2)cc1Cl. The maximum Gasteiger partial charge on any atom is 0.182 e. The smallest absolute Gasteiger partial charge is 0.182 e. The summed E-state index contributed by atoms with van der Waals surface area (Å²) in [5.74, 6) is -0.621. The van der Waals surface area contributed by atoms with E-state index in [4.69, 9.17) is 17.3 Å². The van der Waals surface area contributed by atoms with E-state index in [9.17, 15) is 12.8 Å². The van der Waals surface area contributed by atoms with Gasteiger partial charge in [0.25, 0.3) is 0 Å². The molecule has 0 heterocycles. The molecule has 0 amide bonds. The summed E-state index contributed by atoms with van der Waals surface area (Å²) in [6, 6.07) is 9.48. The molecular weight excluding hydrogens is 289 g/mol. The molecule has 0 aliphatic rings. The Morgan fingerprint density at radius 1 is 1.11 bits per heavy atom. The van der Waals surface area contributed by atoms with Gasteiger partial charge in [-0.15, -0.1) is 0 Å². The van der Waals surface area contributed by atoms with Crippen molar-refractivity contribution in [1.29, 1.82) is 0 Å². The summed E-state index contributed by atoms with van der Waals surface area (Å²) in [5.41, 5.74) is 6.36. The van der Waals surface area contributed by atoms with E-state index in [2.05, 4.69) is 0 Å². The summed E-state index contributed by atoms with van der Waals surface area (Å²) in [7, 11) is -3.53. The Balaban J connectivity index is 2.32. The molecule has 3 nitrogen and oxygen atoms in total. The molecule has 0 saturated carbocycles. The van der Waals surface area contributed by atoms with Gasteiger partial charge in [-0.25, -0.2) is 12.8 Å². The first kappa shape index (κ1) is 13.8. The zero-order valence-electron chi connectivity index (χ0n) is 9.81. The molecule has 6 heteroatoms. The number of nitrogen functional groups attached to an aromatic ring is 1. The highest BCUT2D eigenvalue weighted by Crippen LogP contribution is 2.24. The monoisotopic (exact) mass is 299 g/mol. The third-order valence-corrected chi connectivity index (χ3v) is 4.61. The summed E-state index contributed by atoms with van der Waals surface area (Å²) < 4.78 is 37.1. The van der Waals surface area contributed by atoms with Crippen LogP contribution in [0, 0.1) is 5.82 Å². The highest BCUT2D eigenvalue weighted by molar-refractivity contribution is 7.90. The fourth-order valence-electron chi connectivity index (χ4n) is 1.58. The Kier molecular flexibility index (Phi) is 3.78. The summed E-state index contributed by atoms with van der Waals surface area (Å²) in [6.45, 7) is 0. The molecule has 19 heavy (non-hydrogen) atoms. The van der Waals surface area contributed by atoms with Crippen molar-refractivity contribution >= 4 is 27.1 Å². The molecule has 0 bridgehead atoms. The minimum Gasteiger partial charge on any atom is -0.398 e. The normalized spacial score (nSPS) is 11.5. The highest BCUT2D eigenvalue weighted by atomic mass is 35.5. The number of sulfone groups is 1. The maximum atomic E-state index is 12.8. The lowest BCUT2D eigenvalue weighted by molar-refractivity contribution is 0.595. The van der Waals surface area contributed by atoms with Gasteiger partial charge in [0.05, 0.1) is 21.4 Å². The molecule has 0 spiro atoms. The Morgan fingerprint density at radius 2 is 1.74 bits per heavy atom. The summed E-state index contributed by atoms with van der Waals surface area (Å²) in [5, 5.41) is 0.195. The van der Waals surface area contributed by atoms with Crippen LogP contribution in [0.2, 0.25) is 5.02 Å². The predicted molar refractivity (Wildman–Crippen MR) is 73.2 cm³/mol. The first-order chi connectivity index (χ1) is 8.88. The Bertz CT molecular complexity index is 699. The number of rotatable bonds is 3. The van der Waals surface area contributed by atoms with Gasteiger partial charge in [0.2, 0.25) is 0 Å². The summed E-state index contributed by atoms with van der Waals surface area (Å²) in [4.78, 5) is 0.0935. The van der Waals surface area contributed by atoms with E-state index in [1.807, 2.05) is 0 Å². The van der Waals surface area contributed by atoms with Gasteiger partial charge in [0.15, 0.2) is 9.84 Å². The van der Waals surface area contributed by atoms with E-state index in [0.29, 0.717) is 11.3 Å². The standard InChI is InChI=1S/C13H11ClFNO2S/c14-12-7-11(5-6-13(12)16)19(17,18)8-9-1-3-10(15)4-2-9/h1-7H,8,16H2. The predicted octanol–water partition coefficient (Wildman–Crippen LogP) is 3.04. The van der Waals surface area contributed by atoms with E-state index in [1.54, 1.807) is 0 Å². The maximum absolute atomic E-state index is 12.8. The van der Waals surface area contributed by atoms with Gasteiger partial charge < -0.3 is 5.73 Å². The molecular formula is C13H11ClFNO2S.